The Balaban J connectivity index is 2.19. The molecule has 0 amide bonds. The second-order valence-electron chi connectivity index (χ2n) is 5.41. The van der Waals surface area contributed by atoms with Crippen LogP contribution in [-0.4, -0.2) is 6.54 Å². The highest BCUT2D eigenvalue weighted by atomic mass is 19.1. The quantitative estimate of drug-likeness (QED) is 0.834. The molecule has 1 aromatic rings. The van der Waals surface area contributed by atoms with Crippen LogP contribution in [0.5, 0.6) is 0 Å². The van der Waals surface area contributed by atoms with E-state index in [2.05, 4.69) is 13.8 Å². The molecule has 1 fully saturated rings. The molecule has 1 aromatic carbocycles. The van der Waals surface area contributed by atoms with Gasteiger partial charge in [-0.1, -0.05) is 26.0 Å². The molecule has 0 atom stereocenters. The van der Waals surface area contributed by atoms with Crippen molar-refractivity contribution >= 4 is 0 Å². The Labute approximate surface area is 96.9 Å². The number of hydrogen-bond acceptors (Lipinski definition) is 1. The maximum atomic E-state index is 13.2. The summed E-state index contributed by atoms with van der Waals surface area (Å²) in [6.45, 7) is 5.12. The lowest BCUT2D eigenvalue weighted by Crippen LogP contribution is -2.48. The summed E-state index contributed by atoms with van der Waals surface area (Å²) in [5, 5.41) is 0. The smallest absolute Gasteiger partial charge is 0.123 e. The third-order valence-corrected chi connectivity index (χ3v) is 4.08. The van der Waals surface area contributed by atoms with E-state index in [0.717, 1.165) is 24.3 Å². The Morgan fingerprint density at radius 2 is 2.12 bits per heavy atom. The van der Waals surface area contributed by atoms with Gasteiger partial charge < -0.3 is 5.73 Å². The van der Waals surface area contributed by atoms with Gasteiger partial charge in [-0.15, -0.1) is 0 Å². The Hall–Kier alpha value is -0.890. The molecule has 0 aliphatic heterocycles. The van der Waals surface area contributed by atoms with Crippen LogP contribution in [0.1, 0.15) is 32.3 Å². The van der Waals surface area contributed by atoms with E-state index in [0.29, 0.717) is 12.5 Å². The Bertz CT molecular complexity index is 367. The molecule has 1 saturated carbocycles. The molecule has 0 heterocycles. The molecule has 2 heteroatoms. The highest BCUT2D eigenvalue weighted by Crippen LogP contribution is 2.50. The standard InChI is InChI=1S/C14H20FN/c1-10(2)11-7-14(8-11,9-16)12-4-3-5-13(15)6-12/h3-6,10-11H,7-9,16H2,1-2H3. The number of benzene rings is 1. The second kappa shape index (κ2) is 4.17. The summed E-state index contributed by atoms with van der Waals surface area (Å²) >= 11 is 0. The zero-order valence-electron chi connectivity index (χ0n) is 10.0. The third kappa shape index (κ3) is 1.86. The van der Waals surface area contributed by atoms with E-state index in [1.54, 1.807) is 12.1 Å². The van der Waals surface area contributed by atoms with E-state index < -0.39 is 0 Å². The second-order valence-corrected chi connectivity index (χ2v) is 5.41. The van der Waals surface area contributed by atoms with Crippen LogP contribution >= 0.6 is 0 Å². The number of rotatable bonds is 3. The fourth-order valence-electron chi connectivity index (χ4n) is 2.75. The van der Waals surface area contributed by atoms with Crippen LogP contribution in [0.2, 0.25) is 0 Å². The Kier molecular flexibility index (Phi) is 3.02. The molecule has 88 valence electrons. The van der Waals surface area contributed by atoms with Crippen molar-refractivity contribution in [3.63, 3.8) is 0 Å². The number of halogens is 1. The van der Waals surface area contributed by atoms with Crippen LogP contribution < -0.4 is 5.73 Å². The van der Waals surface area contributed by atoms with Gasteiger partial charge in [0.05, 0.1) is 0 Å². The molecule has 0 saturated heterocycles. The SMILES string of the molecule is CC(C)C1CC(CN)(c2cccc(F)c2)C1. The van der Waals surface area contributed by atoms with E-state index in [1.807, 2.05) is 6.07 Å². The average molecular weight is 221 g/mol. The van der Waals surface area contributed by atoms with Crippen molar-refractivity contribution < 1.29 is 4.39 Å². The summed E-state index contributed by atoms with van der Waals surface area (Å²) in [4.78, 5) is 0. The largest absolute Gasteiger partial charge is 0.330 e. The predicted octanol–water partition coefficient (Wildman–Crippen LogP) is 3.09. The van der Waals surface area contributed by atoms with Crippen molar-refractivity contribution in [3.05, 3.63) is 35.6 Å². The van der Waals surface area contributed by atoms with Gasteiger partial charge in [-0.25, -0.2) is 4.39 Å². The zero-order chi connectivity index (χ0) is 11.8. The first-order valence-corrected chi connectivity index (χ1v) is 6.03. The molecule has 16 heavy (non-hydrogen) atoms. The highest BCUT2D eigenvalue weighted by Gasteiger charge is 2.45. The van der Waals surface area contributed by atoms with E-state index >= 15 is 0 Å². The highest BCUT2D eigenvalue weighted by molar-refractivity contribution is 5.30. The molecule has 0 aromatic heterocycles. The summed E-state index contributed by atoms with van der Waals surface area (Å²) in [7, 11) is 0. The van der Waals surface area contributed by atoms with Gasteiger partial charge in [0.1, 0.15) is 5.82 Å². The first-order valence-electron chi connectivity index (χ1n) is 6.03. The Morgan fingerprint density at radius 3 is 2.62 bits per heavy atom. The van der Waals surface area contributed by atoms with Crippen LogP contribution in [0.15, 0.2) is 24.3 Å². The van der Waals surface area contributed by atoms with Crippen molar-refractivity contribution in [1.82, 2.24) is 0 Å². The maximum absolute atomic E-state index is 13.2. The van der Waals surface area contributed by atoms with Crippen molar-refractivity contribution in [2.75, 3.05) is 6.54 Å². The minimum absolute atomic E-state index is 0.0387. The topological polar surface area (TPSA) is 26.0 Å². The fraction of sp³-hybridized carbons (Fsp3) is 0.571. The molecule has 0 radical (unpaired) electrons. The van der Waals surface area contributed by atoms with Gasteiger partial charge in [-0.2, -0.15) is 0 Å². The van der Waals surface area contributed by atoms with Gasteiger partial charge >= 0.3 is 0 Å². The van der Waals surface area contributed by atoms with Crippen molar-refractivity contribution in [1.29, 1.82) is 0 Å². The lowest BCUT2D eigenvalue weighted by Gasteiger charge is -2.49. The van der Waals surface area contributed by atoms with Gasteiger partial charge in [-0.3, -0.25) is 0 Å². The minimum atomic E-state index is -0.154. The maximum Gasteiger partial charge on any atom is 0.123 e. The van der Waals surface area contributed by atoms with Gasteiger partial charge in [0.2, 0.25) is 0 Å². The van der Waals surface area contributed by atoms with Crippen molar-refractivity contribution in [2.45, 2.75) is 32.1 Å². The lowest BCUT2D eigenvalue weighted by atomic mass is 9.56. The van der Waals surface area contributed by atoms with E-state index in [4.69, 9.17) is 5.73 Å². The summed E-state index contributed by atoms with van der Waals surface area (Å²) in [6.07, 6.45) is 2.20. The average Bonchev–Trinajstić information content (AvgIpc) is 2.16. The third-order valence-electron chi connectivity index (χ3n) is 4.08. The molecule has 1 aliphatic rings. The summed E-state index contributed by atoms with van der Waals surface area (Å²) in [5.74, 6) is 1.29. The molecular weight excluding hydrogens is 201 g/mol. The van der Waals surface area contributed by atoms with Crippen molar-refractivity contribution in [3.8, 4) is 0 Å². The molecule has 0 unspecified atom stereocenters. The van der Waals surface area contributed by atoms with E-state index in [-0.39, 0.29) is 11.2 Å². The molecule has 1 aliphatic carbocycles. The molecule has 0 bridgehead atoms. The summed E-state index contributed by atoms with van der Waals surface area (Å²) in [6, 6.07) is 6.92. The first-order chi connectivity index (χ1) is 7.57. The van der Waals surface area contributed by atoms with Gasteiger partial charge in [0, 0.05) is 12.0 Å². The molecule has 0 spiro atoms. The van der Waals surface area contributed by atoms with Gasteiger partial charge in [-0.05, 0) is 42.4 Å². The molecular formula is C14H20FN. The molecule has 1 nitrogen and oxygen atoms in total. The van der Waals surface area contributed by atoms with Crippen LogP contribution in [0.25, 0.3) is 0 Å². The molecule has 2 rings (SSSR count). The van der Waals surface area contributed by atoms with Gasteiger partial charge in [0.15, 0.2) is 0 Å². The summed E-state index contributed by atoms with van der Waals surface area (Å²) < 4.78 is 13.2. The first kappa shape index (κ1) is 11.6. The number of hydrogen-bond donors (Lipinski definition) is 1. The predicted molar refractivity (Wildman–Crippen MR) is 64.7 cm³/mol. The van der Waals surface area contributed by atoms with E-state index in [9.17, 15) is 4.39 Å². The fourth-order valence-corrected chi connectivity index (χ4v) is 2.75. The zero-order valence-corrected chi connectivity index (χ0v) is 10.0. The molecule has 2 N–H and O–H groups in total. The van der Waals surface area contributed by atoms with Crippen LogP contribution in [0.3, 0.4) is 0 Å². The Morgan fingerprint density at radius 1 is 1.44 bits per heavy atom. The van der Waals surface area contributed by atoms with Gasteiger partial charge in [0.25, 0.3) is 0 Å². The van der Waals surface area contributed by atoms with E-state index in [1.165, 1.54) is 6.07 Å². The van der Waals surface area contributed by atoms with Crippen molar-refractivity contribution in [2.24, 2.45) is 17.6 Å². The number of nitrogens with two attached hydrogens (primary N) is 1. The van der Waals surface area contributed by atoms with Crippen LogP contribution in [0, 0.1) is 17.7 Å². The lowest BCUT2D eigenvalue weighted by molar-refractivity contribution is 0.106. The van der Waals surface area contributed by atoms with Crippen LogP contribution in [-0.2, 0) is 5.41 Å². The van der Waals surface area contributed by atoms with Crippen LogP contribution in [0.4, 0.5) is 4.39 Å². The normalized spacial score (nSPS) is 29.2. The minimum Gasteiger partial charge on any atom is -0.330 e. The summed E-state index contributed by atoms with van der Waals surface area (Å²) in [5.41, 5.74) is 7.01. The monoisotopic (exact) mass is 221 g/mol.